The minimum atomic E-state index is -0.421. The zero-order valence-electron chi connectivity index (χ0n) is 9.78. The third-order valence-electron chi connectivity index (χ3n) is 2.85. The molecule has 0 aromatic heterocycles. The number of hydrogen-bond donors (Lipinski definition) is 1. The van der Waals surface area contributed by atoms with Gasteiger partial charge in [-0.15, -0.1) is 0 Å². The molecule has 0 aliphatic carbocycles. The summed E-state index contributed by atoms with van der Waals surface area (Å²) in [7, 11) is 0. The summed E-state index contributed by atoms with van der Waals surface area (Å²) in [6.07, 6.45) is 0.841. The highest BCUT2D eigenvalue weighted by molar-refractivity contribution is 6.36. The predicted octanol–water partition coefficient (Wildman–Crippen LogP) is 2.58. The van der Waals surface area contributed by atoms with Crippen LogP contribution in [0.2, 0.25) is 10.0 Å². The topological polar surface area (TPSA) is 52.9 Å². The van der Waals surface area contributed by atoms with E-state index >= 15 is 0 Å². The lowest BCUT2D eigenvalue weighted by atomic mass is 10.0. The molecule has 1 aliphatic rings. The van der Waals surface area contributed by atoms with E-state index in [9.17, 15) is 4.79 Å². The van der Waals surface area contributed by atoms with Gasteiger partial charge in [-0.3, -0.25) is 4.79 Å². The van der Waals surface area contributed by atoms with Crippen molar-refractivity contribution in [1.82, 2.24) is 5.01 Å². The fraction of sp³-hybridized carbons (Fsp3) is 0.333. The first-order chi connectivity index (χ1) is 8.52. The quantitative estimate of drug-likeness (QED) is 0.909. The second-order valence-corrected chi connectivity index (χ2v) is 4.86. The first-order valence-electron chi connectivity index (χ1n) is 5.47. The Bertz CT molecular complexity index is 506. The molecule has 1 aliphatic heterocycles. The van der Waals surface area contributed by atoms with Crippen LogP contribution < -0.4 is 0 Å². The first kappa shape index (κ1) is 13.3. The van der Waals surface area contributed by atoms with Crippen molar-refractivity contribution < 1.29 is 9.90 Å². The molecule has 1 N–H and O–H groups in total. The van der Waals surface area contributed by atoms with E-state index in [2.05, 4.69) is 5.10 Å². The van der Waals surface area contributed by atoms with E-state index in [1.54, 1.807) is 12.1 Å². The van der Waals surface area contributed by atoms with Crippen LogP contribution in [0.3, 0.4) is 0 Å². The highest BCUT2D eigenvalue weighted by atomic mass is 35.5. The van der Waals surface area contributed by atoms with Crippen molar-refractivity contribution in [2.75, 3.05) is 6.73 Å². The maximum absolute atomic E-state index is 11.4. The fourth-order valence-corrected chi connectivity index (χ4v) is 2.22. The number of aliphatic hydroxyl groups is 1. The molecular formula is C12H12Cl2N2O2. The lowest BCUT2D eigenvalue weighted by molar-refractivity contribution is -0.135. The van der Waals surface area contributed by atoms with Gasteiger partial charge in [-0.2, -0.15) is 5.10 Å². The second-order valence-electron chi connectivity index (χ2n) is 4.05. The van der Waals surface area contributed by atoms with Crippen LogP contribution >= 0.6 is 23.2 Å². The normalized spacial score (nSPS) is 15.9. The van der Waals surface area contributed by atoms with E-state index in [0.29, 0.717) is 28.6 Å². The van der Waals surface area contributed by atoms with Crippen molar-refractivity contribution >= 4 is 34.8 Å². The molecule has 0 unspecified atom stereocenters. The zero-order chi connectivity index (χ0) is 13.3. The summed E-state index contributed by atoms with van der Waals surface area (Å²) >= 11 is 12.1. The van der Waals surface area contributed by atoms with Crippen molar-refractivity contribution in [3.8, 4) is 0 Å². The van der Waals surface area contributed by atoms with Crippen LogP contribution in [0.4, 0.5) is 0 Å². The number of nitrogens with zero attached hydrogens (tertiary/aromatic N) is 2. The van der Waals surface area contributed by atoms with Gasteiger partial charge in [-0.05, 0) is 24.6 Å². The Morgan fingerprint density at radius 3 is 2.50 bits per heavy atom. The third-order valence-corrected chi connectivity index (χ3v) is 3.64. The Balaban J connectivity index is 2.40. The van der Waals surface area contributed by atoms with Gasteiger partial charge in [0.05, 0.1) is 5.71 Å². The molecular weight excluding hydrogens is 275 g/mol. The number of halogens is 2. The fourth-order valence-electron chi connectivity index (χ4n) is 1.73. The number of carbonyl (C=O) groups excluding carboxylic acids is 1. The van der Waals surface area contributed by atoms with Gasteiger partial charge >= 0.3 is 0 Å². The molecule has 2 rings (SSSR count). The Kier molecular flexibility index (Phi) is 3.90. The molecule has 0 saturated heterocycles. The Morgan fingerprint density at radius 2 is 1.94 bits per heavy atom. The van der Waals surface area contributed by atoms with Crippen LogP contribution in [0.15, 0.2) is 17.2 Å². The molecule has 0 fully saturated rings. The lowest BCUT2D eigenvalue weighted by Crippen LogP contribution is -2.32. The number of aliphatic hydroxyl groups excluding tert-OH is 1. The van der Waals surface area contributed by atoms with Gasteiger partial charge in [0, 0.05) is 28.5 Å². The van der Waals surface area contributed by atoms with Gasteiger partial charge in [0.15, 0.2) is 0 Å². The molecule has 0 radical (unpaired) electrons. The molecule has 18 heavy (non-hydrogen) atoms. The predicted molar refractivity (Wildman–Crippen MR) is 70.9 cm³/mol. The molecule has 0 atom stereocenters. The lowest BCUT2D eigenvalue weighted by Gasteiger charge is -2.21. The summed E-state index contributed by atoms with van der Waals surface area (Å²) in [5, 5.41) is 15.3. The number of hydrogen-bond acceptors (Lipinski definition) is 3. The van der Waals surface area contributed by atoms with Gasteiger partial charge in [-0.1, -0.05) is 23.2 Å². The van der Waals surface area contributed by atoms with Crippen molar-refractivity contribution in [2.24, 2.45) is 5.10 Å². The second kappa shape index (κ2) is 5.26. The van der Waals surface area contributed by atoms with E-state index in [1.807, 2.05) is 6.92 Å². The number of carbonyl (C=O) groups is 1. The maximum atomic E-state index is 11.4. The molecule has 0 saturated carbocycles. The van der Waals surface area contributed by atoms with Crippen molar-refractivity contribution in [2.45, 2.75) is 19.8 Å². The average molecular weight is 287 g/mol. The molecule has 96 valence electrons. The molecule has 1 amide bonds. The molecule has 0 bridgehead atoms. The van der Waals surface area contributed by atoms with Crippen LogP contribution in [-0.2, 0) is 4.79 Å². The highest BCUT2D eigenvalue weighted by Gasteiger charge is 2.21. The summed E-state index contributed by atoms with van der Waals surface area (Å²) < 4.78 is 0. The number of hydrazone groups is 1. The molecule has 1 aromatic rings. The monoisotopic (exact) mass is 286 g/mol. The van der Waals surface area contributed by atoms with Crippen LogP contribution in [0.25, 0.3) is 0 Å². The van der Waals surface area contributed by atoms with E-state index in [0.717, 1.165) is 16.1 Å². The number of benzene rings is 1. The van der Waals surface area contributed by atoms with Crippen molar-refractivity contribution in [3.63, 3.8) is 0 Å². The van der Waals surface area contributed by atoms with Crippen LogP contribution in [0.5, 0.6) is 0 Å². The van der Waals surface area contributed by atoms with Crippen LogP contribution in [-0.4, -0.2) is 28.5 Å². The number of rotatable bonds is 2. The Labute approximate surface area is 115 Å². The van der Waals surface area contributed by atoms with E-state index in [-0.39, 0.29) is 5.91 Å². The first-order valence-corrected chi connectivity index (χ1v) is 6.23. The standard InChI is InChI=1S/C12H12Cl2N2O2/c1-7-9(13)4-8(5-10(7)14)11-2-3-12(18)16(6-17)15-11/h4-5,17H,2-3,6H2,1H3. The summed E-state index contributed by atoms with van der Waals surface area (Å²) in [5.41, 5.74) is 2.29. The molecule has 0 spiro atoms. The molecule has 1 aromatic carbocycles. The van der Waals surface area contributed by atoms with Crippen LogP contribution in [0.1, 0.15) is 24.0 Å². The smallest absolute Gasteiger partial charge is 0.245 e. The average Bonchev–Trinajstić information content (AvgIpc) is 2.36. The van der Waals surface area contributed by atoms with Gasteiger partial charge < -0.3 is 5.11 Å². The molecule has 1 heterocycles. The summed E-state index contributed by atoms with van der Waals surface area (Å²) in [6, 6.07) is 3.54. The van der Waals surface area contributed by atoms with Crippen molar-refractivity contribution in [3.05, 3.63) is 33.3 Å². The third kappa shape index (κ3) is 2.51. The summed E-state index contributed by atoms with van der Waals surface area (Å²) in [4.78, 5) is 11.4. The van der Waals surface area contributed by atoms with Gasteiger partial charge in [0.25, 0.3) is 0 Å². The minimum Gasteiger partial charge on any atom is -0.374 e. The SMILES string of the molecule is Cc1c(Cl)cc(C2=NN(CO)C(=O)CC2)cc1Cl. The minimum absolute atomic E-state index is 0.189. The van der Waals surface area contributed by atoms with Crippen LogP contribution in [0, 0.1) is 6.92 Å². The van der Waals surface area contributed by atoms with Gasteiger partial charge in [0.2, 0.25) is 5.91 Å². The largest absolute Gasteiger partial charge is 0.374 e. The summed E-state index contributed by atoms with van der Waals surface area (Å²) in [5.74, 6) is -0.189. The van der Waals surface area contributed by atoms with Gasteiger partial charge in [0.1, 0.15) is 6.73 Å². The molecule has 4 nitrogen and oxygen atoms in total. The molecule has 6 heteroatoms. The van der Waals surface area contributed by atoms with E-state index < -0.39 is 6.73 Å². The van der Waals surface area contributed by atoms with Crippen molar-refractivity contribution in [1.29, 1.82) is 0 Å². The van der Waals surface area contributed by atoms with E-state index in [4.69, 9.17) is 28.3 Å². The summed E-state index contributed by atoms with van der Waals surface area (Å²) in [6.45, 7) is 1.41. The highest BCUT2D eigenvalue weighted by Crippen LogP contribution is 2.27. The van der Waals surface area contributed by atoms with E-state index in [1.165, 1.54) is 0 Å². The Morgan fingerprint density at radius 1 is 1.33 bits per heavy atom. The zero-order valence-corrected chi connectivity index (χ0v) is 11.3. The Hall–Kier alpha value is -1.10. The van der Waals surface area contributed by atoms with Gasteiger partial charge in [-0.25, -0.2) is 5.01 Å². The maximum Gasteiger partial charge on any atom is 0.245 e. The number of amides is 1.